The quantitative estimate of drug-likeness (QED) is 0.829. The van der Waals surface area contributed by atoms with Crippen LogP contribution in [0.4, 0.5) is 5.82 Å². The number of hydrogen-bond donors (Lipinski definition) is 2. The van der Waals surface area contributed by atoms with E-state index in [2.05, 4.69) is 22.1 Å². The summed E-state index contributed by atoms with van der Waals surface area (Å²) in [6.45, 7) is 4.12. The standard InChI is InChI=1S/C17H17N3O/c1-12-8-9-15(11-14(12)6-4-10-18)17(21)20-16-7-3-5-13(2)19-16/h3,5,7-9,11H,10,18H2,1-2H3,(H,19,20,21). The number of nitrogens with one attached hydrogen (secondary N) is 1. The molecule has 1 amide bonds. The molecule has 3 N–H and O–H groups in total. The maximum atomic E-state index is 12.2. The minimum atomic E-state index is -0.205. The van der Waals surface area contributed by atoms with Crippen LogP contribution in [-0.4, -0.2) is 17.4 Å². The summed E-state index contributed by atoms with van der Waals surface area (Å²) in [6.07, 6.45) is 0. The summed E-state index contributed by atoms with van der Waals surface area (Å²) in [6, 6.07) is 10.9. The van der Waals surface area contributed by atoms with Gasteiger partial charge in [0.25, 0.3) is 5.91 Å². The number of nitrogens with zero attached hydrogens (tertiary/aromatic N) is 1. The molecule has 0 unspecified atom stereocenters. The van der Waals surface area contributed by atoms with E-state index in [0.717, 1.165) is 16.8 Å². The summed E-state index contributed by atoms with van der Waals surface area (Å²) in [4.78, 5) is 16.5. The maximum absolute atomic E-state index is 12.2. The highest BCUT2D eigenvalue weighted by Crippen LogP contribution is 2.12. The first kappa shape index (κ1) is 14.8. The molecule has 0 aliphatic carbocycles. The molecule has 0 saturated heterocycles. The molecule has 0 bridgehead atoms. The van der Waals surface area contributed by atoms with Gasteiger partial charge < -0.3 is 11.1 Å². The van der Waals surface area contributed by atoms with E-state index in [1.807, 2.05) is 32.0 Å². The van der Waals surface area contributed by atoms with Crippen LogP contribution in [0.15, 0.2) is 36.4 Å². The first-order valence-corrected chi connectivity index (χ1v) is 6.65. The van der Waals surface area contributed by atoms with E-state index in [4.69, 9.17) is 5.73 Å². The Balaban J connectivity index is 2.23. The van der Waals surface area contributed by atoms with Crippen molar-refractivity contribution in [3.63, 3.8) is 0 Å². The zero-order valence-electron chi connectivity index (χ0n) is 12.1. The normalized spacial score (nSPS) is 9.67. The number of amides is 1. The number of anilines is 1. The summed E-state index contributed by atoms with van der Waals surface area (Å²) in [5, 5.41) is 2.78. The van der Waals surface area contributed by atoms with Crippen molar-refractivity contribution < 1.29 is 4.79 Å². The van der Waals surface area contributed by atoms with Crippen molar-refractivity contribution in [2.24, 2.45) is 5.73 Å². The van der Waals surface area contributed by atoms with Gasteiger partial charge in [0.15, 0.2) is 0 Å². The number of pyridine rings is 1. The van der Waals surface area contributed by atoms with Gasteiger partial charge in [-0.25, -0.2) is 4.98 Å². The van der Waals surface area contributed by atoms with Crippen molar-refractivity contribution in [3.8, 4) is 11.8 Å². The van der Waals surface area contributed by atoms with Crippen molar-refractivity contribution in [3.05, 3.63) is 58.8 Å². The minimum Gasteiger partial charge on any atom is -0.320 e. The van der Waals surface area contributed by atoms with Crippen LogP contribution in [0.5, 0.6) is 0 Å². The number of hydrogen-bond acceptors (Lipinski definition) is 3. The van der Waals surface area contributed by atoms with Crippen LogP contribution in [0.25, 0.3) is 0 Å². The molecular formula is C17H17N3O. The van der Waals surface area contributed by atoms with Crippen molar-refractivity contribution in [1.29, 1.82) is 0 Å². The number of nitrogens with two attached hydrogens (primary N) is 1. The highest BCUT2D eigenvalue weighted by Gasteiger charge is 2.08. The second-order valence-electron chi connectivity index (χ2n) is 4.65. The van der Waals surface area contributed by atoms with Gasteiger partial charge in [-0.05, 0) is 43.7 Å². The molecule has 2 rings (SSSR count). The Hall–Kier alpha value is -2.64. The van der Waals surface area contributed by atoms with Gasteiger partial charge in [0.1, 0.15) is 5.82 Å². The third-order valence-corrected chi connectivity index (χ3v) is 2.95. The van der Waals surface area contributed by atoms with Crippen LogP contribution in [0.3, 0.4) is 0 Å². The average molecular weight is 279 g/mol. The average Bonchev–Trinajstić information content (AvgIpc) is 2.46. The van der Waals surface area contributed by atoms with Gasteiger partial charge in [-0.2, -0.15) is 0 Å². The van der Waals surface area contributed by atoms with Crippen molar-refractivity contribution in [2.45, 2.75) is 13.8 Å². The fourth-order valence-corrected chi connectivity index (χ4v) is 1.85. The number of rotatable bonds is 2. The molecule has 0 radical (unpaired) electrons. The fraction of sp³-hybridized carbons (Fsp3) is 0.176. The highest BCUT2D eigenvalue weighted by atomic mass is 16.1. The summed E-state index contributed by atoms with van der Waals surface area (Å²) < 4.78 is 0. The second-order valence-corrected chi connectivity index (χ2v) is 4.65. The molecule has 1 heterocycles. The van der Waals surface area contributed by atoms with Crippen molar-refractivity contribution >= 4 is 11.7 Å². The molecule has 0 fully saturated rings. The molecule has 1 aromatic heterocycles. The van der Waals surface area contributed by atoms with Gasteiger partial charge in [-0.1, -0.05) is 24.0 Å². The van der Waals surface area contributed by atoms with Gasteiger partial charge in [0.05, 0.1) is 6.54 Å². The van der Waals surface area contributed by atoms with Gasteiger partial charge in [0.2, 0.25) is 0 Å². The Morgan fingerprint density at radius 3 is 2.81 bits per heavy atom. The number of carbonyl (C=O) groups excluding carboxylic acids is 1. The van der Waals surface area contributed by atoms with Gasteiger partial charge in [0, 0.05) is 16.8 Å². The zero-order valence-corrected chi connectivity index (χ0v) is 12.1. The molecule has 1 aromatic carbocycles. The molecule has 106 valence electrons. The van der Waals surface area contributed by atoms with E-state index in [0.29, 0.717) is 17.9 Å². The zero-order chi connectivity index (χ0) is 15.2. The van der Waals surface area contributed by atoms with E-state index in [1.165, 1.54) is 0 Å². The van der Waals surface area contributed by atoms with E-state index in [-0.39, 0.29) is 5.91 Å². The molecule has 0 spiro atoms. The lowest BCUT2D eigenvalue weighted by atomic mass is 10.0. The first-order chi connectivity index (χ1) is 10.1. The third-order valence-electron chi connectivity index (χ3n) is 2.95. The summed E-state index contributed by atoms with van der Waals surface area (Å²) in [7, 11) is 0. The lowest BCUT2D eigenvalue weighted by molar-refractivity contribution is 0.102. The van der Waals surface area contributed by atoms with Gasteiger partial charge >= 0.3 is 0 Å². The predicted molar refractivity (Wildman–Crippen MR) is 84.0 cm³/mol. The van der Waals surface area contributed by atoms with E-state index in [1.54, 1.807) is 18.2 Å². The van der Waals surface area contributed by atoms with Crippen LogP contribution < -0.4 is 11.1 Å². The number of aromatic nitrogens is 1. The highest BCUT2D eigenvalue weighted by molar-refractivity contribution is 6.04. The molecular weight excluding hydrogens is 262 g/mol. The van der Waals surface area contributed by atoms with Crippen LogP contribution >= 0.6 is 0 Å². The van der Waals surface area contributed by atoms with Crippen LogP contribution in [0, 0.1) is 25.7 Å². The van der Waals surface area contributed by atoms with Crippen molar-refractivity contribution in [2.75, 3.05) is 11.9 Å². The molecule has 0 saturated carbocycles. The van der Waals surface area contributed by atoms with Crippen LogP contribution in [-0.2, 0) is 0 Å². The fourth-order valence-electron chi connectivity index (χ4n) is 1.85. The number of carbonyl (C=O) groups is 1. The number of benzene rings is 1. The molecule has 21 heavy (non-hydrogen) atoms. The third kappa shape index (κ3) is 3.91. The SMILES string of the molecule is Cc1cccc(NC(=O)c2ccc(C)c(C#CCN)c2)n1. The summed E-state index contributed by atoms with van der Waals surface area (Å²) in [5.41, 5.74) is 8.60. The molecule has 0 aliphatic rings. The molecule has 0 atom stereocenters. The van der Waals surface area contributed by atoms with E-state index >= 15 is 0 Å². The molecule has 4 heteroatoms. The van der Waals surface area contributed by atoms with E-state index in [9.17, 15) is 4.79 Å². The summed E-state index contributed by atoms with van der Waals surface area (Å²) in [5.74, 6) is 6.11. The Kier molecular flexibility index (Phi) is 4.70. The lowest BCUT2D eigenvalue weighted by Gasteiger charge is -2.06. The lowest BCUT2D eigenvalue weighted by Crippen LogP contribution is -2.13. The largest absolute Gasteiger partial charge is 0.320 e. The second kappa shape index (κ2) is 6.69. The Morgan fingerprint density at radius 1 is 1.29 bits per heavy atom. The smallest absolute Gasteiger partial charge is 0.256 e. The molecule has 0 aliphatic heterocycles. The monoisotopic (exact) mass is 279 g/mol. The van der Waals surface area contributed by atoms with Gasteiger partial charge in [-0.15, -0.1) is 0 Å². The molecule has 4 nitrogen and oxygen atoms in total. The minimum absolute atomic E-state index is 0.205. The first-order valence-electron chi connectivity index (χ1n) is 6.65. The van der Waals surface area contributed by atoms with E-state index < -0.39 is 0 Å². The Labute approximate surface area is 124 Å². The number of aryl methyl sites for hydroxylation is 2. The van der Waals surface area contributed by atoms with Gasteiger partial charge in [-0.3, -0.25) is 4.79 Å². The Bertz CT molecular complexity index is 726. The van der Waals surface area contributed by atoms with Crippen LogP contribution in [0.1, 0.15) is 27.2 Å². The maximum Gasteiger partial charge on any atom is 0.256 e. The molecule has 2 aromatic rings. The van der Waals surface area contributed by atoms with Crippen LogP contribution in [0.2, 0.25) is 0 Å². The predicted octanol–water partition coefficient (Wildman–Crippen LogP) is 2.26. The Morgan fingerprint density at radius 2 is 2.10 bits per heavy atom. The van der Waals surface area contributed by atoms with Crippen molar-refractivity contribution in [1.82, 2.24) is 4.98 Å². The topological polar surface area (TPSA) is 68.0 Å². The summed E-state index contributed by atoms with van der Waals surface area (Å²) >= 11 is 0.